The average Bonchev–Trinajstić information content (AvgIpc) is 2.15. The van der Waals surface area contributed by atoms with Gasteiger partial charge in [-0.3, -0.25) is 0 Å². The molecule has 0 bridgehead atoms. The van der Waals surface area contributed by atoms with Gasteiger partial charge < -0.3 is 4.74 Å². The average molecular weight is 201 g/mol. The summed E-state index contributed by atoms with van der Waals surface area (Å²) in [5, 5.41) is 8.31. The van der Waals surface area contributed by atoms with Crippen LogP contribution in [0.4, 0.5) is 13.2 Å². The second-order valence-corrected chi connectivity index (χ2v) is 2.40. The van der Waals surface area contributed by atoms with Gasteiger partial charge in [-0.2, -0.15) is 9.65 Å². The van der Waals surface area contributed by atoms with Crippen molar-refractivity contribution in [2.45, 2.75) is 6.92 Å². The van der Waals surface area contributed by atoms with Gasteiger partial charge >= 0.3 is 0 Å². The number of rotatable bonds is 2. The molecular weight excluding hydrogens is 195 g/mol. The van der Waals surface area contributed by atoms with Crippen molar-refractivity contribution in [1.82, 2.24) is 0 Å². The van der Waals surface area contributed by atoms with Crippen LogP contribution in [-0.2, 0) is 0 Å². The summed E-state index contributed by atoms with van der Waals surface area (Å²) in [7, 11) is 0. The highest BCUT2D eigenvalue weighted by Crippen LogP contribution is 2.24. The molecule has 0 aliphatic rings. The maximum absolute atomic E-state index is 13.0. The van der Waals surface area contributed by atoms with Crippen molar-refractivity contribution >= 4 is 0 Å². The Bertz CT molecular complexity index is 398. The van der Waals surface area contributed by atoms with Crippen LogP contribution in [0.3, 0.4) is 0 Å². The van der Waals surface area contributed by atoms with Gasteiger partial charge in [-0.05, 0) is 6.92 Å². The van der Waals surface area contributed by atoms with E-state index in [1.807, 2.05) is 0 Å². The lowest BCUT2D eigenvalue weighted by molar-refractivity contribution is 0.310. The van der Waals surface area contributed by atoms with E-state index in [0.717, 1.165) is 0 Å². The van der Waals surface area contributed by atoms with Gasteiger partial charge in [0.1, 0.15) is 17.4 Å². The molecule has 14 heavy (non-hydrogen) atoms. The lowest BCUT2D eigenvalue weighted by Gasteiger charge is -2.06. The molecule has 2 nitrogen and oxygen atoms in total. The molecule has 0 amide bonds. The Hall–Kier alpha value is -1.70. The smallest absolute Gasteiger partial charge is 0.202 e. The monoisotopic (exact) mass is 201 g/mol. The summed E-state index contributed by atoms with van der Waals surface area (Å²) in [6.07, 6.45) is 0. The van der Waals surface area contributed by atoms with E-state index in [4.69, 9.17) is 5.26 Å². The first-order valence-corrected chi connectivity index (χ1v) is 3.82. The SMILES string of the molecule is CCOc1cc(F)c(C#N)c(F)c1F. The molecular formula is C9H6F3NO. The molecule has 0 fully saturated rings. The summed E-state index contributed by atoms with van der Waals surface area (Å²) in [6, 6.07) is 1.88. The van der Waals surface area contributed by atoms with Crippen molar-refractivity contribution in [3.63, 3.8) is 0 Å². The summed E-state index contributed by atoms with van der Waals surface area (Å²) in [6.45, 7) is 1.63. The molecule has 1 rings (SSSR count). The van der Waals surface area contributed by atoms with Crippen molar-refractivity contribution in [2.75, 3.05) is 6.61 Å². The van der Waals surface area contributed by atoms with E-state index in [1.165, 1.54) is 6.07 Å². The number of hydrogen-bond donors (Lipinski definition) is 0. The summed E-state index contributed by atoms with van der Waals surface area (Å²) >= 11 is 0. The number of benzene rings is 1. The van der Waals surface area contributed by atoms with Crippen molar-refractivity contribution in [2.24, 2.45) is 0 Å². The van der Waals surface area contributed by atoms with Crippen LogP contribution < -0.4 is 4.74 Å². The minimum Gasteiger partial charge on any atom is -0.491 e. The minimum absolute atomic E-state index is 0.0850. The molecule has 0 saturated carbocycles. The van der Waals surface area contributed by atoms with Crippen LogP contribution in [0.15, 0.2) is 6.07 Å². The van der Waals surface area contributed by atoms with E-state index in [-0.39, 0.29) is 6.61 Å². The Morgan fingerprint density at radius 2 is 2.00 bits per heavy atom. The lowest BCUT2D eigenvalue weighted by atomic mass is 10.2. The summed E-state index contributed by atoms with van der Waals surface area (Å²) < 4.78 is 43.5. The third-order valence-electron chi connectivity index (χ3n) is 1.54. The van der Waals surface area contributed by atoms with Crippen LogP contribution in [0.25, 0.3) is 0 Å². The van der Waals surface area contributed by atoms with E-state index in [1.54, 1.807) is 6.92 Å². The fraction of sp³-hybridized carbons (Fsp3) is 0.222. The zero-order valence-corrected chi connectivity index (χ0v) is 7.27. The Balaban J connectivity index is 3.34. The highest BCUT2D eigenvalue weighted by Gasteiger charge is 2.19. The molecule has 0 aliphatic carbocycles. The third kappa shape index (κ3) is 1.64. The Kier molecular flexibility index (Phi) is 2.97. The topological polar surface area (TPSA) is 33.0 Å². The van der Waals surface area contributed by atoms with Crippen LogP contribution >= 0.6 is 0 Å². The van der Waals surface area contributed by atoms with E-state index in [9.17, 15) is 13.2 Å². The van der Waals surface area contributed by atoms with Gasteiger partial charge in [0.15, 0.2) is 11.6 Å². The van der Waals surface area contributed by atoms with Crippen LogP contribution in [-0.4, -0.2) is 6.61 Å². The van der Waals surface area contributed by atoms with E-state index < -0.39 is 28.8 Å². The zero-order valence-electron chi connectivity index (χ0n) is 7.27. The van der Waals surface area contributed by atoms with Crippen molar-refractivity contribution in [1.29, 1.82) is 5.26 Å². The molecule has 0 N–H and O–H groups in total. The van der Waals surface area contributed by atoms with Crippen LogP contribution in [0.1, 0.15) is 12.5 Å². The van der Waals surface area contributed by atoms with Gasteiger partial charge in [0, 0.05) is 6.07 Å². The van der Waals surface area contributed by atoms with E-state index in [0.29, 0.717) is 6.07 Å². The molecule has 0 aromatic heterocycles. The molecule has 74 valence electrons. The van der Waals surface area contributed by atoms with E-state index in [2.05, 4.69) is 4.74 Å². The first-order chi connectivity index (χ1) is 6.61. The highest BCUT2D eigenvalue weighted by molar-refractivity contribution is 5.39. The van der Waals surface area contributed by atoms with Gasteiger partial charge in [0.25, 0.3) is 0 Å². The summed E-state index contributed by atoms with van der Waals surface area (Å²) in [5.74, 6) is -4.52. The fourth-order valence-corrected chi connectivity index (χ4v) is 0.936. The normalized spacial score (nSPS) is 9.64. The second-order valence-electron chi connectivity index (χ2n) is 2.40. The number of hydrogen-bond acceptors (Lipinski definition) is 2. The van der Waals surface area contributed by atoms with Gasteiger partial charge in [-0.25, -0.2) is 8.78 Å². The van der Waals surface area contributed by atoms with Crippen LogP contribution in [0, 0.1) is 28.8 Å². The standard InChI is InChI=1S/C9H6F3NO/c1-2-14-7-3-6(10)5(4-13)8(11)9(7)12/h3H,2H2,1H3. The predicted octanol–water partition coefficient (Wildman–Crippen LogP) is 2.37. The molecule has 0 aliphatic heterocycles. The van der Waals surface area contributed by atoms with Crippen molar-refractivity contribution < 1.29 is 17.9 Å². The van der Waals surface area contributed by atoms with Gasteiger partial charge in [0.2, 0.25) is 5.82 Å². The molecule has 0 spiro atoms. The Labute approximate surface area is 78.5 Å². The van der Waals surface area contributed by atoms with Crippen LogP contribution in [0.5, 0.6) is 5.75 Å². The maximum atomic E-state index is 13.0. The van der Waals surface area contributed by atoms with Crippen molar-refractivity contribution in [3.05, 3.63) is 29.1 Å². The van der Waals surface area contributed by atoms with Gasteiger partial charge in [0.05, 0.1) is 6.61 Å². The summed E-state index contributed by atoms with van der Waals surface area (Å²) in [5.41, 5.74) is -0.939. The lowest BCUT2D eigenvalue weighted by Crippen LogP contribution is -2.01. The third-order valence-corrected chi connectivity index (χ3v) is 1.54. The summed E-state index contributed by atoms with van der Waals surface area (Å²) in [4.78, 5) is 0. The number of ether oxygens (including phenoxy) is 1. The number of nitrogens with zero attached hydrogens (tertiary/aromatic N) is 1. The first-order valence-electron chi connectivity index (χ1n) is 3.82. The van der Waals surface area contributed by atoms with Crippen molar-refractivity contribution in [3.8, 4) is 11.8 Å². The molecule has 1 aromatic carbocycles. The second kappa shape index (κ2) is 4.01. The maximum Gasteiger partial charge on any atom is 0.202 e. The highest BCUT2D eigenvalue weighted by atomic mass is 19.2. The number of nitriles is 1. The molecule has 0 atom stereocenters. The molecule has 5 heteroatoms. The number of halogens is 3. The first kappa shape index (κ1) is 10.4. The van der Waals surface area contributed by atoms with Gasteiger partial charge in [-0.1, -0.05) is 0 Å². The predicted molar refractivity (Wildman–Crippen MR) is 42.2 cm³/mol. The van der Waals surface area contributed by atoms with Crippen LogP contribution in [0.2, 0.25) is 0 Å². The largest absolute Gasteiger partial charge is 0.491 e. The van der Waals surface area contributed by atoms with E-state index >= 15 is 0 Å². The fourth-order valence-electron chi connectivity index (χ4n) is 0.936. The van der Waals surface area contributed by atoms with Gasteiger partial charge in [-0.15, -0.1) is 0 Å². The Morgan fingerprint density at radius 3 is 2.50 bits per heavy atom. The Morgan fingerprint density at radius 1 is 1.36 bits per heavy atom. The molecule has 0 saturated heterocycles. The zero-order chi connectivity index (χ0) is 10.7. The minimum atomic E-state index is -1.52. The molecule has 1 aromatic rings. The molecule has 0 radical (unpaired) electrons. The molecule has 0 unspecified atom stereocenters. The molecule has 0 heterocycles. The quantitative estimate of drug-likeness (QED) is 0.688.